The van der Waals surface area contributed by atoms with Gasteiger partial charge in [0.05, 0.1) is 17.7 Å². The normalized spacial score (nSPS) is 14.0. The number of nitrogens with two attached hydrogens (primary N) is 1. The number of benzene rings is 2. The minimum atomic E-state index is -4.66. The van der Waals surface area contributed by atoms with Gasteiger partial charge >= 0.3 is 6.18 Å². The fraction of sp³-hybridized carbons (Fsp3) is 0.250. The summed E-state index contributed by atoms with van der Waals surface area (Å²) >= 11 is 0. The van der Waals surface area contributed by atoms with Crippen LogP contribution in [0.4, 0.5) is 17.6 Å². The SMILES string of the molecule is Cl.N[C@H](c1cc(F)ccc1C(F)(F)F)[C@@H](O)Cc1ccccc1. The van der Waals surface area contributed by atoms with Gasteiger partial charge in [0.1, 0.15) is 5.82 Å². The molecular weight excluding hydrogens is 334 g/mol. The van der Waals surface area contributed by atoms with E-state index in [1.807, 2.05) is 0 Å². The Morgan fingerprint density at radius 3 is 2.22 bits per heavy atom. The summed E-state index contributed by atoms with van der Waals surface area (Å²) < 4.78 is 52.2. The summed E-state index contributed by atoms with van der Waals surface area (Å²) in [4.78, 5) is 0. The maximum absolute atomic E-state index is 13.3. The summed E-state index contributed by atoms with van der Waals surface area (Å²) in [6.45, 7) is 0. The summed E-state index contributed by atoms with van der Waals surface area (Å²) in [5, 5.41) is 10.1. The Hall–Kier alpha value is -1.63. The van der Waals surface area contributed by atoms with Gasteiger partial charge in [0.25, 0.3) is 0 Å². The second kappa shape index (κ2) is 7.77. The fourth-order valence-electron chi connectivity index (χ4n) is 2.26. The Kier molecular flexibility index (Phi) is 6.56. The molecule has 0 unspecified atom stereocenters. The van der Waals surface area contributed by atoms with Crippen molar-refractivity contribution in [3.05, 3.63) is 71.0 Å². The molecule has 0 radical (unpaired) electrons. The average Bonchev–Trinajstić information content (AvgIpc) is 2.46. The Morgan fingerprint density at radius 1 is 1.04 bits per heavy atom. The van der Waals surface area contributed by atoms with Crippen LogP contribution >= 0.6 is 12.4 Å². The smallest absolute Gasteiger partial charge is 0.391 e. The molecule has 0 fully saturated rings. The van der Waals surface area contributed by atoms with Crippen LogP contribution in [-0.4, -0.2) is 11.2 Å². The minimum Gasteiger partial charge on any atom is -0.391 e. The number of aliphatic hydroxyl groups is 1. The van der Waals surface area contributed by atoms with Crippen molar-refractivity contribution < 1.29 is 22.7 Å². The van der Waals surface area contributed by atoms with E-state index < -0.39 is 35.3 Å². The van der Waals surface area contributed by atoms with Gasteiger partial charge in [0, 0.05) is 6.42 Å². The highest BCUT2D eigenvalue weighted by atomic mass is 35.5. The Labute approximate surface area is 137 Å². The quantitative estimate of drug-likeness (QED) is 0.823. The molecule has 0 aliphatic heterocycles. The van der Waals surface area contributed by atoms with Crippen LogP contribution in [0, 0.1) is 5.82 Å². The van der Waals surface area contributed by atoms with Crippen molar-refractivity contribution in [2.24, 2.45) is 5.73 Å². The van der Waals surface area contributed by atoms with Gasteiger partial charge in [0.15, 0.2) is 0 Å². The van der Waals surface area contributed by atoms with Crippen LogP contribution in [-0.2, 0) is 12.6 Å². The van der Waals surface area contributed by atoms with Crippen LogP contribution in [0.5, 0.6) is 0 Å². The molecule has 0 bridgehead atoms. The summed E-state index contributed by atoms with van der Waals surface area (Å²) in [7, 11) is 0. The van der Waals surface area contributed by atoms with Crippen molar-refractivity contribution in [3.63, 3.8) is 0 Å². The van der Waals surface area contributed by atoms with Crippen molar-refractivity contribution in [1.82, 2.24) is 0 Å². The van der Waals surface area contributed by atoms with Gasteiger partial charge in [-0.3, -0.25) is 0 Å². The largest absolute Gasteiger partial charge is 0.416 e. The lowest BCUT2D eigenvalue weighted by atomic mass is 9.93. The maximum Gasteiger partial charge on any atom is 0.416 e. The second-order valence-electron chi connectivity index (χ2n) is 5.01. The molecule has 2 nitrogen and oxygen atoms in total. The molecule has 7 heteroatoms. The monoisotopic (exact) mass is 349 g/mol. The van der Waals surface area contributed by atoms with E-state index in [2.05, 4.69) is 0 Å². The van der Waals surface area contributed by atoms with Gasteiger partial charge < -0.3 is 10.8 Å². The number of halogens is 5. The van der Waals surface area contributed by atoms with Gasteiger partial charge in [-0.1, -0.05) is 30.3 Å². The molecule has 2 aromatic carbocycles. The van der Waals surface area contributed by atoms with E-state index in [9.17, 15) is 22.7 Å². The predicted octanol–water partition coefficient (Wildman–Crippen LogP) is 3.87. The Bertz CT molecular complexity index is 634. The van der Waals surface area contributed by atoms with Crippen LogP contribution in [0.25, 0.3) is 0 Å². The first-order chi connectivity index (χ1) is 10.3. The zero-order valence-corrected chi connectivity index (χ0v) is 12.7. The molecule has 0 amide bonds. The Balaban J connectivity index is 0.00000264. The zero-order chi connectivity index (χ0) is 16.3. The highest BCUT2D eigenvalue weighted by Crippen LogP contribution is 2.35. The van der Waals surface area contributed by atoms with Crippen molar-refractivity contribution in [2.75, 3.05) is 0 Å². The number of hydrogen-bond acceptors (Lipinski definition) is 2. The molecule has 0 aromatic heterocycles. The molecular formula is C16H16ClF4NO. The molecule has 2 aromatic rings. The molecule has 0 heterocycles. The molecule has 2 rings (SSSR count). The molecule has 23 heavy (non-hydrogen) atoms. The van der Waals surface area contributed by atoms with E-state index >= 15 is 0 Å². The lowest BCUT2D eigenvalue weighted by Gasteiger charge is -2.23. The molecule has 0 spiro atoms. The van der Waals surface area contributed by atoms with Crippen molar-refractivity contribution in [2.45, 2.75) is 24.7 Å². The second-order valence-corrected chi connectivity index (χ2v) is 5.01. The van der Waals surface area contributed by atoms with Gasteiger partial charge in [-0.2, -0.15) is 13.2 Å². The van der Waals surface area contributed by atoms with Crippen LogP contribution < -0.4 is 5.73 Å². The lowest BCUT2D eigenvalue weighted by molar-refractivity contribution is -0.138. The average molecular weight is 350 g/mol. The van der Waals surface area contributed by atoms with Crippen molar-refractivity contribution >= 4 is 12.4 Å². The van der Waals surface area contributed by atoms with E-state index in [1.165, 1.54) is 0 Å². The number of rotatable bonds is 4. The zero-order valence-electron chi connectivity index (χ0n) is 11.9. The molecule has 3 N–H and O–H groups in total. The highest BCUT2D eigenvalue weighted by molar-refractivity contribution is 5.85. The van der Waals surface area contributed by atoms with Crippen molar-refractivity contribution in [1.29, 1.82) is 0 Å². The molecule has 0 saturated carbocycles. The van der Waals surface area contributed by atoms with Crippen molar-refractivity contribution in [3.8, 4) is 0 Å². The standard InChI is InChI=1S/C16H15F4NO.ClH/c17-11-6-7-13(16(18,19)20)12(9-11)15(21)14(22)8-10-4-2-1-3-5-10;/h1-7,9,14-15,22H,8,21H2;1H/t14-,15+;/m0./s1. The number of hydrogen-bond donors (Lipinski definition) is 2. The third-order valence-electron chi connectivity index (χ3n) is 3.38. The third kappa shape index (κ3) is 4.92. The van der Waals surface area contributed by atoms with E-state index in [-0.39, 0.29) is 18.8 Å². The van der Waals surface area contributed by atoms with Gasteiger partial charge in [0.2, 0.25) is 0 Å². The molecule has 126 valence electrons. The minimum absolute atomic E-state index is 0. The molecule has 2 atom stereocenters. The molecule has 0 aliphatic carbocycles. The van der Waals surface area contributed by atoms with E-state index in [1.54, 1.807) is 30.3 Å². The summed E-state index contributed by atoms with van der Waals surface area (Å²) in [5.74, 6) is -0.828. The van der Waals surface area contributed by atoms with E-state index in [0.717, 1.165) is 17.7 Å². The summed E-state index contributed by atoms with van der Waals surface area (Å²) in [5.41, 5.74) is 4.99. The van der Waals surface area contributed by atoms with Gasteiger partial charge in [-0.05, 0) is 29.3 Å². The Morgan fingerprint density at radius 2 is 1.65 bits per heavy atom. The van der Waals surface area contributed by atoms with Crippen LogP contribution in [0.1, 0.15) is 22.7 Å². The first-order valence-corrected chi connectivity index (χ1v) is 6.63. The number of alkyl halides is 3. The van der Waals surface area contributed by atoms with E-state index in [4.69, 9.17) is 5.73 Å². The topological polar surface area (TPSA) is 46.2 Å². The summed E-state index contributed by atoms with van der Waals surface area (Å²) in [6, 6.07) is 9.48. The number of aliphatic hydroxyl groups excluding tert-OH is 1. The van der Waals surface area contributed by atoms with E-state index in [0.29, 0.717) is 6.07 Å². The van der Waals surface area contributed by atoms with Gasteiger partial charge in [-0.15, -0.1) is 12.4 Å². The van der Waals surface area contributed by atoms with Gasteiger partial charge in [-0.25, -0.2) is 4.39 Å². The summed E-state index contributed by atoms with van der Waals surface area (Å²) in [6.07, 6.45) is -5.84. The predicted molar refractivity (Wildman–Crippen MR) is 81.7 cm³/mol. The first-order valence-electron chi connectivity index (χ1n) is 6.63. The third-order valence-corrected chi connectivity index (χ3v) is 3.38. The fourth-order valence-corrected chi connectivity index (χ4v) is 2.26. The van der Waals surface area contributed by atoms with Crippen LogP contribution in [0.3, 0.4) is 0 Å². The molecule has 0 saturated heterocycles. The first kappa shape index (κ1) is 19.4. The van der Waals surface area contributed by atoms with Crippen LogP contribution in [0.2, 0.25) is 0 Å². The van der Waals surface area contributed by atoms with Crippen LogP contribution in [0.15, 0.2) is 48.5 Å². The maximum atomic E-state index is 13.3. The lowest BCUT2D eigenvalue weighted by Crippen LogP contribution is -2.30. The highest BCUT2D eigenvalue weighted by Gasteiger charge is 2.36. The molecule has 0 aliphatic rings.